The van der Waals surface area contributed by atoms with Gasteiger partial charge in [-0.15, -0.1) is 5.10 Å². The molecule has 0 atom stereocenters. The Hall–Kier alpha value is -3.43. The SMILES string of the molecule is Cc1cc(-c2ncn(/C=C(\C(=O)OC(C)C)c3cnn(C)c3)n2)cc(C(F)(F)F)c1. The first-order valence-corrected chi connectivity index (χ1v) is 9.05. The number of aryl methyl sites for hydroxylation is 2. The Morgan fingerprint density at radius 1 is 1.23 bits per heavy atom. The van der Waals surface area contributed by atoms with Crippen LogP contribution >= 0.6 is 0 Å². The first kappa shape index (κ1) is 21.3. The molecule has 158 valence electrons. The highest BCUT2D eigenvalue weighted by atomic mass is 19.4. The van der Waals surface area contributed by atoms with E-state index in [1.165, 1.54) is 28.1 Å². The van der Waals surface area contributed by atoms with Gasteiger partial charge in [0.15, 0.2) is 5.82 Å². The fraction of sp³-hybridized carbons (Fsp3) is 0.300. The first-order chi connectivity index (χ1) is 14.0. The Labute approximate surface area is 170 Å². The molecule has 7 nitrogen and oxygen atoms in total. The summed E-state index contributed by atoms with van der Waals surface area (Å²) in [4.78, 5) is 16.6. The van der Waals surface area contributed by atoms with Gasteiger partial charge in [-0.05, 0) is 44.5 Å². The maximum Gasteiger partial charge on any atom is 0.416 e. The van der Waals surface area contributed by atoms with Crippen molar-refractivity contribution >= 4 is 17.7 Å². The molecule has 0 amide bonds. The van der Waals surface area contributed by atoms with Gasteiger partial charge in [-0.1, -0.05) is 0 Å². The summed E-state index contributed by atoms with van der Waals surface area (Å²) in [6.07, 6.45) is 1.04. The quantitative estimate of drug-likeness (QED) is 0.462. The Morgan fingerprint density at radius 2 is 1.97 bits per heavy atom. The van der Waals surface area contributed by atoms with Crippen molar-refractivity contribution in [2.75, 3.05) is 0 Å². The van der Waals surface area contributed by atoms with Gasteiger partial charge in [0.05, 0.1) is 23.4 Å². The van der Waals surface area contributed by atoms with Crippen molar-refractivity contribution in [3.63, 3.8) is 0 Å². The number of nitrogens with zero attached hydrogens (tertiary/aromatic N) is 5. The van der Waals surface area contributed by atoms with Gasteiger partial charge in [0.25, 0.3) is 0 Å². The fourth-order valence-corrected chi connectivity index (χ4v) is 2.76. The lowest BCUT2D eigenvalue weighted by Crippen LogP contribution is -2.13. The van der Waals surface area contributed by atoms with Crippen molar-refractivity contribution in [2.24, 2.45) is 7.05 Å². The smallest absolute Gasteiger partial charge is 0.416 e. The predicted molar refractivity (Wildman–Crippen MR) is 104 cm³/mol. The van der Waals surface area contributed by atoms with Gasteiger partial charge in [0.2, 0.25) is 0 Å². The summed E-state index contributed by atoms with van der Waals surface area (Å²) in [6, 6.07) is 3.61. The Morgan fingerprint density at radius 3 is 2.57 bits per heavy atom. The molecule has 0 saturated carbocycles. The minimum atomic E-state index is -4.47. The topological polar surface area (TPSA) is 74.8 Å². The third-order valence-corrected chi connectivity index (χ3v) is 4.01. The maximum atomic E-state index is 13.1. The predicted octanol–water partition coefficient (Wildman–Crippen LogP) is 3.96. The van der Waals surface area contributed by atoms with Crippen molar-refractivity contribution in [1.82, 2.24) is 24.5 Å². The summed E-state index contributed by atoms with van der Waals surface area (Å²) in [5.41, 5.74) is 0.579. The Balaban J connectivity index is 2.00. The highest BCUT2D eigenvalue weighted by molar-refractivity contribution is 6.20. The van der Waals surface area contributed by atoms with Crippen molar-refractivity contribution < 1.29 is 22.7 Å². The summed E-state index contributed by atoms with van der Waals surface area (Å²) >= 11 is 0. The van der Waals surface area contributed by atoms with Gasteiger partial charge in [-0.3, -0.25) is 4.68 Å². The van der Waals surface area contributed by atoms with E-state index in [0.717, 1.165) is 12.1 Å². The van der Waals surface area contributed by atoms with Gasteiger partial charge in [-0.25, -0.2) is 14.5 Å². The number of esters is 1. The molecule has 3 aromatic rings. The lowest BCUT2D eigenvalue weighted by atomic mass is 10.1. The van der Waals surface area contributed by atoms with Crippen molar-refractivity contribution in [3.05, 3.63) is 53.6 Å². The molecule has 0 saturated heterocycles. The number of hydrogen-bond donors (Lipinski definition) is 0. The second kappa shape index (κ2) is 8.13. The number of carbonyl (C=O) groups is 1. The number of rotatable bonds is 5. The standard InChI is InChI=1S/C20H20F3N5O2/c1-12(2)30-19(29)17(15-8-25-27(4)9-15)10-28-11-24-18(26-28)14-5-13(3)6-16(7-14)20(21,22)23/h5-12H,1-4H3/b17-10-. The molecule has 0 aliphatic heterocycles. The van der Waals surface area contributed by atoms with Gasteiger partial charge >= 0.3 is 12.1 Å². The minimum Gasteiger partial charge on any atom is -0.459 e. The fourth-order valence-electron chi connectivity index (χ4n) is 2.76. The van der Waals surface area contributed by atoms with Crippen LogP contribution in [-0.4, -0.2) is 36.6 Å². The van der Waals surface area contributed by atoms with Crippen LogP contribution in [0.3, 0.4) is 0 Å². The minimum absolute atomic E-state index is 0.100. The molecule has 3 rings (SSSR count). The van der Waals surface area contributed by atoms with E-state index in [-0.39, 0.29) is 23.1 Å². The Kier molecular flexibility index (Phi) is 5.77. The third kappa shape index (κ3) is 4.94. The van der Waals surface area contributed by atoms with Crippen LogP contribution in [-0.2, 0) is 22.8 Å². The second-order valence-electron chi connectivity index (χ2n) is 7.03. The van der Waals surface area contributed by atoms with Crippen molar-refractivity contribution in [2.45, 2.75) is 33.1 Å². The zero-order chi connectivity index (χ0) is 22.1. The Bertz CT molecular complexity index is 1100. The average Bonchev–Trinajstić information content (AvgIpc) is 3.26. The van der Waals surface area contributed by atoms with Crippen molar-refractivity contribution in [1.29, 1.82) is 0 Å². The normalized spacial score (nSPS) is 12.5. The van der Waals surface area contributed by atoms with Gasteiger partial charge in [-0.2, -0.15) is 18.3 Å². The zero-order valence-electron chi connectivity index (χ0n) is 16.8. The maximum absolute atomic E-state index is 13.1. The number of alkyl halides is 3. The molecule has 0 bridgehead atoms. The number of carbonyl (C=O) groups excluding carboxylic acids is 1. The van der Waals surface area contributed by atoms with E-state index in [4.69, 9.17) is 4.74 Å². The van der Waals surface area contributed by atoms with Gasteiger partial charge in [0.1, 0.15) is 6.33 Å². The van der Waals surface area contributed by atoms with E-state index < -0.39 is 17.7 Å². The molecular formula is C20H20F3N5O2. The van der Waals surface area contributed by atoms with Crippen LogP contribution in [0.15, 0.2) is 36.9 Å². The molecule has 0 spiro atoms. The molecule has 0 unspecified atom stereocenters. The van der Waals surface area contributed by atoms with E-state index in [1.54, 1.807) is 40.1 Å². The molecule has 0 aliphatic rings. The zero-order valence-corrected chi connectivity index (χ0v) is 16.8. The van der Waals surface area contributed by atoms with Crippen molar-refractivity contribution in [3.8, 4) is 11.4 Å². The first-order valence-electron chi connectivity index (χ1n) is 9.05. The lowest BCUT2D eigenvalue weighted by molar-refractivity contribution is -0.140. The van der Waals surface area contributed by atoms with E-state index in [9.17, 15) is 18.0 Å². The number of ether oxygens (including phenoxy) is 1. The highest BCUT2D eigenvalue weighted by Gasteiger charge is 2.31. The monoisotopic (exact) mass is 419 g/mol. The third-order valence-electron chi connectivity index (χ3n) is 4.01. The molecule has 0 aliphatic carbocycles. The summed E-state index contributed by atoms with van der Waals surface area (Å²) in [5.74, 6) is -0.479. The summed E-state index contributed by atoms with van der Waals surface area (Å²) < 4.78 is 47.4. The average molecular weight is 419 g/mol. The second-order valence-corrected chi connectivity index (χ2v) is 7.03. The summed E-state index contributed by atoms with van der Waals surface area (Å²) in [6.45, 7) is 5.02. The summed E-state index contributed by atoms with van der Waals surface area (Å²) in [7, 11) is 1.71. The van der Waals surface area contributed by atoms with Gasteiger partial charge < -0.3 is 4.74 Å². The molecule has 2 heterocycles. The van der Waals surface area contributed by atoms with Crippen LogP contribution in [0.4, 0.5) is 13.2 Å². The van der Waals surface area contributed by atoms with E-state index in [1.807, 2.05) is 0 Å². The largest absolute Gasteiger partial charge is 0.459 e. The highest BCUT2D eigenvalue weighted by Crippen LogP contribution is 2.32. The molecule has 0 radical (unpaired) electrons. The number of halogens is 3. The lowest BCUT2D eigenvalue weighted by Gasteiger charge is -2.10. The molecular weight excluding hydrogens is 399 g/mol. The van der Waals surface area contributed by atoms with Crippen LogP contribution in [0.1, 0.15) is 30.5 Å². The van der Waals surface area contributed by atoms with Crippen LogP contribution in [0, 0.1) is 6.92 Å². The van der Waals surface area contributed by atoms with E-state index in [2.05, 4.69) is 15.2 Å². The molecule has 1 aromatic carbocycles. The van der Waals surface area contributed by atoms with Crippen LogP contribution < -0.4 is 0 Å². The summed E-state index contributed by atoms with van der Waals surface area (Å²) in [5, 5.41) is 8.26. The van der Waals surface area contributed by atoms with Crippen LogP contribution in [0.5, 0.6) is 0 Å². The molecule has 30 heavy (non-hydrogen) atoms. The number of benzene rings is 1. The van der Waals surface area contributed by atoms with Gasteiger partial charge in [0, 0.05) is 30.6 Å². The van der Waals surface area contributed by atoms with E-state index >= 15 is 0 Å². The number of aromatic nitrogens is 5. The molecule has 0 fully saturated rings. The molecule has 10 heteroatoms. The molecule has 2 aromatic heterocycles. The molecule has 0 N–H and O–H groups in total. The number of hydrogen-bond acceptors (Lipinski definition) is 5. The van der Waals surface area contributed by atoms with Crippen LogP contribution in [0.25, 0.3) is 23.2 Å². The van der Waals surface area contributed by atoms with Crippen LogP contribution in [0.2, 0.25) is 0 Å². The van der Waals surface area contributed by atoms with E-state index in [0.29, 0.717) is 11.1 Å².